The molecule has 0 spiro atoms. The van der Waals surface area contributed by atoms with E-state index < -0.39 is 0 Å². The van der Waals surface area contributed by atoms with Gasteiger partial charge in [0.2, 0.25) is 0 Å². The Morgan fingerprint density at radius 2 is 2.12 bits per heavy atom. The Labute approximate surface area is 114 Å². The van der Waals surface area contributed by atoms with E-state index in [2.05, 4.69) is 22.6 Å². The van der Waals surface area contributed by atoms with Crippen molar-refractivity contribution in [3.8, 4) is 11.8 Å². The van der Waals surface area contributed by atoms with E-state index in [0.717, 1.165) is 3.57 Å². The molecular formula is C12H13IN2O2. The van der Waals surface area contributed by atoms with Crippen molar-refractivity contribution in [1.29, 1.82) is 5.26 Å². The standard InChI is InChI=1S/C12H13IN2O2/c1-15(8-2-7-14)12(16)9-17-11-5-3-10(13)4-6-11/h3-6H,2,8-9H2,1H3. The van der Waals surface area contributed by atoms with Crippen molar-refractivity contribution in [3.63, 3.8) is 0 Å². The zero-order valence-electron chi connectivity index (χ0n) is 9.52. The summed E-state index contributed by atoms with van der Waals surface area (Å²) in [7, 11) is 1.66. The number of nitriles is 1. The summed E-state index contributed by atoms with van der Waals surface area (Å²) in [5.74, 6) is 0.547. The van der Waals surface area contributed by atoms with Crippen LogP contribution in [0.3, 0.4) is 0 Å². The lowest BCUT2D eigenvalue weighted by Gasteiger charge is -2.15. The van der Waals surface area contributed by atoms with E-state index in [1.807, 2.05) is 30.3 Å². The maximum Gasteiger partial charge on any atom is 0.260 e. The summed E-state index contributed by atoms with van der Waals surface area (Å²) in [6, 6.07) is 9.48. The Bertz CT molecular complexity index is 412. The SMILES string of the molecule is CN(CCC#N)C(=O)COc1ccc(I)cc1. The minimum absolute atomic E-state index is 0.00250. The topological polar surface area (TPSA) is 53.3 Å². The first kappa shape index (κ1) is 13.8. The molecule has 0 aromatic heterocycles. The van der Waals surface area contributed by atoms with Crippen LogP contribution in [0, 0.1) is 14.9 Å². The van der Waals surface area contributed by atoms with E-state index in [-0.39, 0.29) is 12.5 Å². The van der Waals surface area contributed by atoms with E-state index in [9.17, 15) is 4.79 Å². The van der Waals surface area contributed by atoms with E-state index in [1.54, 1.807) is 7.05 Å². The summed E-state index contributed by atoms with van der Waals surface area (Å²) in [5, 5.41) is 8.41. The molecule has 0 fully saturated rings. The summed E-state index contributed by atoms with van der Waals surface area (Å²) in [5.41, 5.74) is 0. The molecule has 4 nitrogen and oxygen atoms in total. The molecule has 0 saturated carbocycles. The highest BCUT2D eigenvalue weighted by atomic mass is 127. The molecule has 0 unspecified atom stereocenters. The van der Waals surface area contributed by atoms with Gasteiger partial charge in [0.1, 0.15) is 5.75 Å². The molecule has 0 radical (unpaired) electrons. The summed E-state index contributed by atoms with van der Waals surface area (Å²) in [4.78, 5) is 13.1. The van der Waals surface area contributed by atoms with Gasteiger partial charge in [-0.2, -0.15) is 5.26 Å². The van der Waals surface area contributed by atoms with Crippen LogP contribution in [0.25, 0.3) is 0 Å². The van der Waals surface area contributed by atoms with Gasteiger partial charge in [-0.15, -0.1) is 0 Å². The molecule has 5 heteroatoms. The van der Waals surface area contributed by atoms with Gasteiger partial charge in [0.15, 0.2) is 6.61 Å². The summed E-state index contributed by atoms with van der Waals surface area (Å²) in [6.07, 6.45) is 0.339. The van der Waals surface area contributed by atoms with Gasteiger partial charge in [0.25, 0.3) is 5.91 Å². The number of amides is 1. The van der Waals surface area contributed by atoms with Crippen molar-refractivity contribution in [3.05, 3.63) is 27.8 Å². The normalized spacial score (nSPS) is 9.47. The summed E-state index contributed by atoms with van der Waals surface area (Å²) in [6.45, 7) is 0.438. The van der Waals surface area contributed by atoms with E-state index in [0.29, 0.717) is 18.7 Å². The molecular weight excluding hydrogens is 331 g/mol. The fourth-order valence-corrected chi connectivity index (χ4v) is 1.49. The zero-order chi connectivity index (χ0) is 12.7. The highest BCUT2D eigenvalue weighted by Crippen LogP contribution is 2.13. The second-order valence-electron chi connectivity index (χ2n) is 3.47. The number of halogens is 1. The number of ether oxygens (including phenoxy) is 1. The number of hydrogen-bond donors (Lipinski definition) is 0. The van der Waals surface area contributed by atoms with Gasteiger partial charge in [-0.05, 0) is 46.9 Å². The van der Waals surface area contributed by atoms with Crippen LogP contribution >= 0.6 is 22.6 Å². The largest absolute Gasteiger partial charge is 0.484 e. The fourth-order valence-electron chi connectivity index (χ4n) is 1.13. The molecule has 0 heterocycles. The molecule has 0 saturated heterocycles. The van der Waals surface area contributed by atoms with Crippen molar-refractivity contribution in [2.45, 2.75) is 6.42 Å². The van der Waals surface area contributed by atoms with Crippen LogP contribution in [0.2, 0.25) is 0 Å². The minimum atomic E-state index is -0.126. The third kappa shape index (κ3) is 5.04. The predicted octanol–water partition coefficient (Wildman–Crippen LogP) is 2.04. The first-order valence-corrected chi connectivity index (χ1v) is 6.20. The highest BCUT2D eigenvalue weighted by molar-refractivity contribution is 14.1. The molecule has 0 N–H and O–H groups in total. The van der Waals surface area contributed by atoms with E-state index in [4.69, 9.17) is 10.00 Å². The van der Waals surface area contributed by atoms with E-state index >= 15 is 0 Å². The molecule has 0 aliphatic heterocycles. The fraction of sp³-hybridized carbons (Fsp3) is 0.333. The Morgan fingerprint density at radius 3 is 2.71 bits per heavy atom. The first-order chi connectivity index (χ1) is 8.13. The van der Waals surface area contributed by atoms with Crippen LogP contribution in [0.1, 0.15) is 6.42 Å². The average molecular weight is 344 g/mol. The first-order valence-electron chi connectivity index (χ1n) is 5.13. The van der Waals surface area contributed by atoms with Gasteiger partial charge in [-0.3, -0.25) is 4.79 Å². The van der Waals surface area contributed by atoms with Gasteiger partial charge < -0.3 is 9.64 Å². The maximum absolute atomic E-state index is 11.6. The number of nitrogens with zero attached hydrogens (tertiary/aromatic N) is 2. The number of carbonyl (C=O) groups excluding carboxylic acids is 1. The van der Waals surface area contributed by atoms with Crippen LogP contribution in [-0.4, -0.2) is 31.0 Å². The van der Waals surface area contributed by atoms with Crippen LogP contribution in [-0.2, 0) is 4.79 Å². The number of hydrogen-bond acceptors (Lipinski definition) is 3. The molecule has 90 valence electrons. The molecule has 1 rings (SSSR count). The van der Waals surface area contributed by atoms with Crippen molar-refractivity contribution in [2.24, 2.45) is 0 Å². The van der Waals surface area contributed by atoms with Crippen LogP contribution in [0.5, 0.6) is 5.75 Å². The molecule has 1 aromatic rings. The third-order valence-electron chi connectivity index (χ3n) is 2.16. The number of carbonyl (C=O) groups is 1. The van der Waals surface area contributed by atoms with Crippen molar-refractivity contribution < 1.29 is 9.53 Å². The smallest absolute Gasteiger partial charge is 0.260 e. The summed E-state index contributed by atoms with van der Waals surface area (Å²) < 4.78 is 6.46. The molecule has 1 amide bonds. The lowest BCUT2D eigenvalue weighted by Crippen LogP contribution is -2.32. The van der Waals surface area contributed by atoms with Crippen LogP contribution in [0.15, 0.2) is 24.3 Å². The van der Waals surface area contributed by atoms with Gasteiger partial charge in [0, 0.05) is 17.2 Å². The Kier molecular flexibility index (Phi) is 5.77. The average Bonchev–Trinajstić information content (AvgIpc) is 2.34. The van der Waals surface area contributed by atoms with Gasteiger partial charge in [-0.25, -0.2) is 0 Å². The maximum atomic E-state index is 11.6. The second-order valence-corrected chi connectivity index (χ2v) is 4.71. The Balaban J connectivity index is 2.37. The predicted molar refractivity (Wildman–Crippen MR) is 72.5 cm³/mol. The molecule has 0 bridgehead atoms. The van der Waals surface area contributed by atoms with Gasteiger partial charge in [0.05, 0.1) is 12.5 Å². The van der Waals surface area contributed by atoms with Crippen LogP contribution in [0.4, 0.5) is 0 Å². The molecule has 17 heavy (non-hydrogen) atoms. The van der Waals surface area contributed by atoms with E-state index in [1.165, 1.54) is 4.90 Å². The molecule has 0 atom stereocenters. The molecule has 0 aliphatic rings. The lowest BCUT2D eigenvalue weighted by molar-refractivity contribution is -0.131. The number of rotatable bonds is 5. The molecule has 1 aromatic carbocycles. The highest BCUT2D eigenvalue weighted by Gasteiger charge is 2.08. The Hall–Kier alpha value is -1.29. The van der Waals surface area contributed by atoms with Crippen molar-refractivity contribution in [2.75, 3.05) is 20.2 Å². The molecule has 0 aliphatic carbocycles. The second kappa shape index (κ2) is 7.12. The lowest BCUT2D eigenvalue weighted by atomic mass is 10.3. The number of benzene rings is 1. The minimum Gasteiger partial charge on any atom is -0.484 e. The summed E-state index contributed by atoms with van der Waals surface area (Å²) >= 11 is 2.20. The van der Waals surface area contributed by atoms with Gasteiger partial charge >= 0.3 is 0 Å². The third-order valence-corrected chi connectivity index (χ3v) is 2.88. The monoisotopic (exact) mass is 344 g/mol. The van der Waals surface area contributed by atoms with Crippen LogP contribution < -0.4 is 4.74 Å². The quantitative estimate of drug-likeness (QED) is 0.769. The van der Waals surface area contributed by atoms with Crippen molar-refractivity contribution >= 4 is 28.5 Å². The zero-order valence-corrected chi connectivity index (χ0v) is 11.7. The number of likely N-dealkylation sites (N-methyl/N-ethyl adjacent to an activating group) is 1. The Morgan fingerprint density at radius 1 is 1.47 bits per heavy atom. The van der Waals surface area contributed by atoms with Gasteiger partial charge in [-0.1, -0.05) is 0 Å². The van der Waals surface area contributed by atoms with Crippen molar-refractivity contribution in [1.82, 2.24) is 4.90 Å².